The van der Waals surface area contributed by atoms with Crippen molar-refractivity contribution in [2.75, 3.05) is 13.7 Å². The zero-order chi connectivity index (χ0) is 8.54. The molecule has 1 aliphatic carbocycles. The van der Waals surface area contributed by atoms with E-state index >= 15 is 0 Å². The maximum Gasteiger partial charge on any atom is 0.0746 e. The smallest absolute Gasteiger partial charge is 0.0746 e. The Balaban J connectivity index is 2.20. The molecule has 0 spiro atoms. The summed E-state index contributed by atoms with van der Waals surface area (Å²) in [6.45, 7) is 7.41. The molecular formula is C9H19NO. The minimum absolute atomic E-state index is 0.0222. The van der Waals surface area contributed by atoms with Crippen LogP contribution in [0.25, 0.3) is 0 Å². The first kappa shape index (κ1) is 9.01. The largest absolute Gasteiger partial charge is 0.377 e. The summed E-state index contributed by atoms with van der Waals surface area (Å²) in [6, 6.07) is 0. The van der Waals surface area contributed by atoms with Crippen LogP contribution in [0.2, 0.25) is 0 Å². The highest BCUT2D eigenvalue weighted by Gasteiger charge is 2.37. The lowest BCUT2D eigenvalue weighted by atomic mass is 10.1. The predicted octanol–water partition coefficient (Wildman–Crippen LogP) is 1.55. The van der Waals surface area contributed by atoms with Gasteiger partial charge in [0.05, 0.1) is 5.60 Å². The molecule has 0 aromatic heterocycles. The number of nitrogens with one attached hydrogen (secondary N) is 1. The molecule has 1 aliphatic rings. The standard InChI is InChI=1S/C9H19NO/c1-8(2,11-4)7-10-9(3)5-6-9/h10H,5-7H2,1-4H3. The zero-order valence-corrected chi connectivity index (χ0v) is 8.03. The van der Waals surface area contributed by atoms with Crippen LogP contribution >= 0.6 is 0 Å². The van der Waals surface area contributed by atoms with Gasteiger partial charge in [-0.1, -0.05) is 0 Å². The molecule has 0 heterocycles. The third-order valence-electron chi connectivity index (χ3n) is 2.49. The van der Waals surface area contributed by atoms with E-state index in [1.54, 1.807) is 7.11 Å². The molecule has 1 rings (SSSR count). The Morgan fingerprint density at radius 2 is 2.00 bits per heavy atom. The summed E-state index contributed by atoms with van der Waals surface area (Å²) in [5.74, 6) is 0. The van der Waals surface area contributed by atoms with Crippen LogP contribution < -0.4 is 5.32 Å². The first-order valence-electron chi connectivity index (χ1n) is 4.28. The van der Waals surface area contributed by atoms with E-state index in [0.29, 0.717) is 5.54 Å². The molecule has 66 valence electrons. The third kappa shape index (κ3) is 2.80. The van der Waals surface area contributed by atoms with Gasteiger partial charge in [-0.05, 0) is 33.6 Å². The summed E-state index contributed by atoms with van der Waals surface area (Å²) in [4.78, 5) is 0. The molecule has 0 bridgehead atoms. The highest BCUT2D eigenvalue weighted by Crippen LogP contribution is 2.34. The number of methoxy groups -OCH3 is 1. The van der Waals surface area contributed by atoms with Gasteiger partial charge < -0.3 is 10.1 Å². The second-order valence-electron chi connectivity index (χ2n) is 4.38. The van der Waals surface area contributed by atoms with Gasteiger partial charge in [-0.2, -0.15) is 0 Å². The Bertz CT molecular complexity index is 138. The molecule has 2 nitrogen and oxygen atoms in total. The summed E-state index contributed by atoms with van der Waals surface area (Å²) in [5.41, 5.74) is 0.404. The molecule has 0 aromatic rings. The first-order valence-corrected chi connectivity index (χ1v) is 4.28. The van der Waals surface area contributed by atoms with Crippen LogP contribution in [0.15, 0.2) is 0 Å². The third-order valence-corrected chi connectivity index (χ3v) is 2.49. The lowest BCUT2D eigenvalue weighted by Crippen LogP contribution is -2.41. The molecule has 0 saturated heterocycles. The lowest BCUT2D eigenvalue weighted by Gasteiger charge is -2.25. The van der Waals surface area contributed by atoms with E-state index in [2.05, 4.69) is 26.1 Å². The number of ether oxygens (including phenoxy) is 1. The summed E-state index contributed by atoms with van der Waals surface area (Å²) >= 11 is 0. The summed E-state index contributed by atoms with van der Waals surface area (Å²) < 4.78 is 5.30. The minimum atomic E-state index is -0.0222. The van der Waals surface area contributed by atoms with Crippen LogP contribution in [0.5, 0.6) is 0 Å². The first-order chi connectivity index (χ1) is 4.97. The maximum atomic E-state index is 5.30. The monoisotopic (exact) mass is 157 g/mol. The fraction of sp³-hybridized carbons (Fsp3) is 1.00. The summed E-state index contributed by atoms with van der Waals surface area (Å²) in [7, 11) is 1.76. The Kier molecular flexibility index (Phi) is 2.26. The lowest BCUT2D eigenvalue weighted by molar-refractivity contribution is 0.0207. The van der Waals surface area contributed by atoms with Crippen molar-refractivity contribution in [3.05, 3.63) is 0 Å². The van der Waals surface area contributed by atoms with Crippen LogP contribution in [-0.4, -0.2) is 24.8 Å². The van der Waals surface area contributed by atoms with E-state index in [1.807, 2.05) is 0 Å². The van der Waals surface area contributed by atoms with Crippen LogP contribution in [-0.2, 0) is 4.74 Å². The van der Waals surface area contributed by atoms with Crippen LogP contribution in [0.3, 0.4) is 0 Å². The molecule has 0 atom stereocenters. The molecule has 1 N–H and O–H groups in total. The molecule has 0 aliphatic heterocycles. The fourth-order valence-corrected chi connectivity index (χ4v) is 0.863. The van der Waals surface area contributed by atoms with Crippen molar-refractivity contribution in [3.8, 4) is 0 Å². The van der Waals surface area contributed by atoms with Gasteiger partial charge in [0.25, 0.3) is 0 Å². The van der Waals surface area contributed by atoms with Crippen molar-refractivity contribution in [2.24, 2.45) is 0 Å². The molecular weight excluding hydrogens is 138 g/mol. The van der Waals surface area contributed by atoms with Gasteiger partial charge in [-0.3, -0.25) is 0 Å². The van der Waals surface area contributed by atoms with Gasteiger partial charge in [-0.15, -0.1) is 0 Å². The Morgan fingerprint density at radius 3 is 2.36 bits per heavy atom. The molecule has 0 amide bonds. The van der Waals surface area contributed by atoms with Gasteiger partial charge in [0.1, 0.15) is 0 Å². The van der Waals surface area contributed by atoms with Crippen molar-refractivity contribution >= 4 is 0 Å². The van der Waals surface area contributed by atoms with Crippen molar-refractivity contribution in [1.29, 1.82) is 0 Å². The van der Waals surface area contributed by atoms with E-state index < -0.39 is 0 Å². The minimum Gasteiger partial charge on any atom is -0.377 e. The quantitative estimate of drug-likeness (QED) is 0.668. The van der Waals surface area contributed by atoms with E-state index in [-0.39, 0.29) is 5.60 Å². The second kappa shape index (κ2) is 2.76. The van der Waals surface area contributed by atoms with Crippen LogP contribution in [0.1, 0.15) is 33.6 Å². The number of hydrogen-bond acceptors (Lipinski definition) is 2. The second-order valence-corrected chi connectivity index (χ2v) is 4.38. The van der Waals surface area contributed by atoms with Gasteiger partial charge >= 0.3 is 0 Å². The fourth-order valence-electron chi connectivity index (χ4n) is 0.863. The van der Waals surface area contributed by atoms with Gasteiger partial charge in [0.2, 0.25) is 0 Å². The highest BCUT2D eigenvalue weighted by atomic mass is 16.5. The molecule has 1 fully saturated rings. The van der Waals surface area contributed by atoms with E-state index in [1.165, 1.54) is 12.8 Å². The summed E-state index contributed by atoms with van der Waals surface area (Å²) in [6.07, 6.45) is 2.62. The van der Waals surface area contributed by atoms with Crippen molar-refractivity contribution in [1.82, 2.24) is 5.32 Å². The highest BCUT2D eigenvalue weighted by molar-refractivity contribution is 4.98. The van der Waals surface area contributed by atoms with E-state index in [9.17, 15) is 0 Å². The molecule has 0 radical (unpaired) electrons. The molecule has 0 unspecified atom stereocenters. The van der Waals surface area contributed by atoms with Crippen molar-refractivity contribution in [2.45, 2.75) is 44.8 Å². The normalized spacial score (nSPS) is 21.8. The van der Waals surface area contributed by atoms with Gasteiger partial charge in [0.15, 0.2) is 0 Å². The van der Waals surface area contributed by atoms with Crippen molar-refractivity contribution in [3.63, 3.8) is 0 Å². The van der Waals surface area contributed by atoms with Crippen LogP contribution in [0, 0.1) is 0 Å². The van der Waals surface area contributed by atoms with Crippen LogP contribution in [0.4, 0.5) is 0 Å². The molecule has 0 aromatic carbocycles. The average molecular weight is 157 g/mol. The molecule has 11 heavy (non-hydrogen) atoms. The Morgan fingerprint density at radius 1 is 1.45 bits per heavy atom. The topological polar surface area (TPSA) is 21.3 Å². The van der Waals surface area contributed by atoms with E-state index in [0.717, 1.165) is 6.54 Å². The van der Waals surface area contributed by atoms with Gasteiger partial charge in [-0.25, -0.2) is 0 Å². The average Bonchev–Trinajstić information content (AvgIpc) is 2.66. The summed E-state index contributed by atoms with van der Waals surface area (Å²) in [5, 5.41) is 3.50. The number of hydrogen-bond donors (Lipinski definition) is 1. The SMILES string of the molecule is COC(C)(C)CNC1(C)CC1. The van der Waals surface area contributed by atoms with E-state index in [4.69, 9.17) is 4.74 Å². The predicted molar refractivity (Wildman–Crippen MR) is 46.7 cm³/mol. The van der Waals surface area contributed by atoms with Crippen molar-refractivity contribution < 1.29 is 4.74 Å². The Hall–Kier alpha value is -0.0800. The molecule has 2 heteroatoms. The Labute approximate surface area is 69.3 Å². The number of rotatable bonds is 4. The van der Waals surface area contributed by atoms with Gasteiger partial charge in [0, 0.05) is 19.2 Å². The zero-order valence-electron chi connectivity index (χ0n) is 8.03. The maximum absolute atomic E-state index is 5.30. The molecule has 1 saturated carbocycles.